The molecule has 1 aromatic heterocycles. The second-order valence-electron chi connectivity index (χ2n) is 4.07. The topological polar surface area (TPSA) is 73.6 Å². The van der Waals surface area contributed by atoms with Gasteiger partial charge in [-0.1, -0.05) is 0 Å². The Bertz CT molecular complexity index is 607. The van der Waals surface area contributed by atoms with E-state index < -0.39 is 5.97 Å². The minimum Gasteiger partial charge on any atom is -0.496 e. The number of oxazole rings is 1. The van der Waals surface area contributed by atoms with Crippen LogP contribution in [0, 0.1) is 6.92 Å². The van der Waals surface area contributed by atoms with Crippen molar-refractivity contribution >= 4 is 17.7 Å². The quantitative estimate of drug-likeness (QED) is 0.846. The second kappa shape index (κ2) is 6.10. The number of anilines is 2. The maximum absolute atomic E-state index is 11.5. The van der Waals surface area contributed by atoms with Crippen LogP contribution in [-0.2, 0) is 4.74 Å². The number of aromatic nitrogens is 1. The number of hydrogen-bond acceptors (Lipinski definition) is 6. The molecule has 0 fully saturated rings. The van der Waals surface area contributed by atoms with E-state index >= 15 is 0 Å². The Morgan fingerprint density at radius 2 is 2.25 bits per heavy atom. The van der Waals surface area contributed by atoms with Gasteiger partial charge in [-0.15, -0.1) is 0 Å². The van der Waals surface area contributed by atoms with Crippen molar-refractivity contribution in [2.24, 2.45) is 0 Å². The third-order valence-electron chi connectivity index (χ3n) is 2.63. The smallest absolute Gasteiger partial charge is 0.360 e. The van der Waals surface area contributed by atoms with Gasteiger partial charge in [-0.05, 0) is 37.6 Å². The highest BCUT2D eigenvalue weighted by molar-refractivity contribution is 5.87. The summed E-state index contributed by atoms with van der Waals surface area (Å²) in [6.07, 6.45) is 1.26. The highest BCUT2D eigenvalue weighted by Crippen LogP contribution is 2.23. The van der Waals surface area contributed by atoms with Crippen molar-refractivity contribution in [3.8, 4) is 5.75 Å². The largest absolute Gasteiger partial charge is 0.496 e. The zero-order valence-electron chi connectivity index (χ0n) is 11.6. The summed E-state index contributed by atoms with van der Waals surface area (Å²) in [4.78, 5) is 15.5. The first-order valence-corrected chi connectivity index (χ1v) is 6.18. The van der Waals surface area contributed by atoms with Crippen molar-refractivity contribution in [3.63, 3.8) is 0 Å². The Labute approximate surface area is 116 Å². The molecule has 1 aromatic carbocycles. The van der Waals surface area contributed by atoms with Crippen molar-refractivity contribution in [1.29, 1.82) is 0 Å². The van der Waals surface area contributed by atoms with Crippen LogP contribution in [0.5, 0.6) is 5.75 Å². The fraction of sp³-hybridized carbons (Fsp3) is 0.286. The van der Waals surface area contributed by atoms with Gasteiger partial charge in [0.2, 0.25) is 0 Å². The number of benzene rings is 1. The van der Waals surface area contributed by atoms with Crippen LogP contribution in [0.15, 0.2) is 28.9 Å². The van der Waals surface area contributed by atoms with Crippen LogP contribution in [0.4, 0.5) is 11.7 Å². The molecule has 20 heavy (non-hydrogen) atoms. The van der Waals surface area contributed by atoms with Gasteiger partial charge in [-0.3, -0.25) is 0 Å². The number of carbonyl (C=O) groups excluding carboxylic acids is 1. The van der Waals surface area contributed by atoms with E-state index in [2.05, 4.69) is 10.3 Å². The maximum atomic E-state index is 11.5. The summed E-state index contributed by atoms with van der Waals surface area (Å²) >= 11 is 0. The van der Waals surface area contributed by atoms with Crippen molar-refractivity contribution in [1.82, 2.24) is 4.98 Å². The Balaban J connectivity index is 2.10. The molecule has 0 radical (unpaired) electrons. The van der Waals surface area contributed by atoms with E-state index in [4.69, 9.17) is 13.9 Å². The molecule has 0 amide bonds. The number of nitrogens with one attached hydrogen (secondary N) is 1. The average molecular weight is 276 g/mol. The number of nitrogens with zero attached hydrogens (tertiary/aromatic N) is 1. The van der Waals surface area contributed by atoms with Crippen molar-refractivity contribution in [2.45, 2.75) is 13.8 Å². The molecule has 0 atom stereocenters. The van der Waals surface area contributed by atoms with Crippen LogP contribution in [0.1, 0.15) is 23.0 Å². The van der Waals surface area contributed by atoms with E-state index in [1.54, 1.807) is 14.0 Å². The average Bonchev–Trinajstić information content (AvgIpc) is 2.88. The van der Waals surface area contributed by atoms with Gasteiger partial charge < -0.3 is 19.2 Å². The van der Waals surface area contributed by atoms with E-state index in [0.717, 1.165) is 17.0 Å². The summed E-state index contributed by atoms with van der Waals surface area (Å²) in [5.74, 6) is 0.297. The van der Waals surface area contributed by atoms with Gasteiger partial charge in [-0.25, -0.2) is 4.79 Å². The lowest BCUT2D eigenvalue weighted by Gasteiger charge is -2.07. The molecular weight excluding hydrogens is 260 g/mol. The van der Waals surface area contributed by atoms with Gasteiger partial charge in [0.25, 0.3) is 6.01 Å². The molecule has 6 nitrogen and oxygen atoms in total. The molecule has 0 spiro atoms. The lowest BCUT2D eigenvalue weighted by Crippen LogP contribution is -2.05. The second-order valence-corrected chi connectivity index (χ2v) is 4.07. The predicted molar refractivity (Wildman–Crippen MR) is 73.5 cm³/mol. The van der Waals surface area contributed by atoms with Crippen molar-refractivity contribution in [3.05, 3.63) is 35.7 Å². The van der Waals surface area contributed by atoms with E-state index in [0.29, 0.717) is 6.61 Å². The highest BCUT2D eigenvalue weighted by atomic mass is 16.5. The van der Waals surface area contributed by atoms with Crippen molar-refractivity contribution in [2.75, 3.05) is 19.0 Å². The number of ether oxygens (including phenoxy) is 2. The molecule has 0 saturated heterocycles. The summed E-state index contributed by atoms with van der Waals surface area (Å²) in [5, 5.41) is 2.97. The lowest BCUT2D eigenvalue weighted by molar-refractivity contribution is 0.0519. The SMILES string of the molecule is CCOC(=O)c1coc(Nc2ccc(OC)c(C)c2)n1. The van der Waals surface area contributed by atoms with E-state index in [1.807, 2.05) is 25.1 Å². The van der Waals surface area contributed by atoms with Gasteiger partial charge in [0.05, 0.1) is 13.7 Å². The molecule has 0 aliphatic carbocycles. The Morgan fingerprint density at radius 3 is 2.90 bits per heavy atom. The Hall–Kier alpha value is -2.50. The molecule has 1 N–H and O–H groups in total. The van der Waals surface area contributed by atoms with Crippen LogP contribution in [0.25, 0.3) is 0 Å². The molecule has 2 aromatic rings. The number of carbonyl (C=O) groups is 1. The maximum Gasteiger partial charge on any atom is 0.360 e. The number of methoxy groups -OCH3 is 1. The predicted octanol–water partition coefficient (Wildman–Crippen LogP) is 2.91. The monoisotopic (exact) mass is 276 g/mol. The van der Waals surface area contributed by atoms with Gasteiger partial charge in [0.1, 0.15) is 12.0 Å². The molecule has 0 aliphatic heterocycles. The fourth-order valence-electron chi connectivity index (χ4n) is 1.71. The third-order valence-corrected chi connectivity index (χ3v) is 2.63. The molecule has 1 heterocycles. The van der Waals surface area contributed by atoms with Crippen molar-refractivity contribution < 1.29 is 18.7 Å². The Morgan fingerprint density at radius 1 is 1.45 bits per heavy atom. The molecule has 0 bridgehead atoms. The minimum atomic E-state index is -0.504. The molecule has 0 unspecified atom stereocenters. The summed E-state index contributed by atoms with van der Waals surface area (Å²) in [6.45, 7) is 3.97. The van der Waals surface area contributed by atoms with E-state index in [9.17, 15) is 4.79 Å². The summed E-state index contributed by atoms with van der Waals surface area (Å²) < 4.78 is 15.2. The zero-order chi connectivity index (χ0) is 14.5. The van der Waals surface area contributed by atoms with Crippen LogP contribution >= 0.6 is 0 Å². The van der Waals surface area contributed by atoms with Crippen LogP contribution in [0.2, 0.25) is 0 Å². The number of aryl methyl sites for hydroxylation is 1. The summed E-state index contributed by atoms with van der Waals surface area (Å²) in [5.41, 5.74) is 1.91. The first-order valence-electron chi connectivity index (χ1n) is 6.18. The van der Waals surface area contributed by atoms with Crippen LogP contribution in [0.3, 0.4) is 0 Å². The summed E-state index contributed by atoms with van der Waals surface area (Å²) in [7, 11) is 1.62. The highest BCUT2D eigenvalue weighted by Gasteiger charge is 2.13. The molecule has 0 saturated carbocycles. The molecule has 0 aliphatic rings. The van der Waals surface area contributed by atoms with Gasteiger partial charge in [0.15, 0.2) is 5.69 Å². The van der Waals surface area contributed by atoms with Crippen LogP contribution < -0.4 is 10.1 Å². The number of esters is 1. The molecule has 6 heteroatoms. The first kappa shape index (κ1) is 13.9. The third kappa shape index (κ3) is 3.09. The normalized spacial score (nSPS) is 10.2. The summed E-state index contributed by atoms with van der Waals surface area (Å²) in [6, 6.07) is 5.80. The van der Waals surface area contributed by atoms with Gasteiger partial charge >= 0.3 is 5.97 Å². The number of hydrogen-bond donors (Lipinski definition) is 1. The van der Waals surface area contributed by atoms with E-state index in [-0.39, 0.29) is 11.7 Å². The Kier molecular flexibility index (Phi) is 4.24. The van der Waals surface area contributed by atoms with Crippen LogP contribution in [-0.4, -0.2) is 24.7 Å². The molecular formula is C14H16N2O4. The zero-order valence-corrected chi connectivity index (χ0v) is 11.6. The minimum absolute atomic E-state index is 0.139. The van der Waals surface area contributed by atoms with Gasteiger partial charge in [-0.2, -0.15) is 4.98 Å². The van der Waals surface area contributed by atoms with E-state index in [1.165, 1.54) is 6.26 Å². The molecule has 106 valence electrons. The lowest BCUT2D eigenvalue weighted by atomic mass is 10.2. The first-order chi connectivity index (χ1) is 9.63. The molecule has 2 rings (SSSR count). The van der Waals surface area contributed by atoms with Gasteiger partial charge in [0, 0.05) is 5.69 Å². The fourth-order valence-corrected chi connectivity index (χ4v) is 1.71. The number of rotatable bonds is 5. The standard InChI is InChI=1S/C14H16N2O4/c1-4-19-13(17)11-8-20-14(16-11)15-10-5-6-12(18-3)9(2)7-10/h5-8H,4H2,1-3H3,(H,15,16).